The van der Waals surface area contributed by atoms with Crippen LogP contribution in [0.3, 0.4) is 0 Å². The monoisotopic (exact) mass is 346 g/mol. The van der Waals surface area contributed by atoms with Gasteiger partial charge in [0.1, 0.15) is 0 Å². The van der Waals surface area contributed by atoms with Crippen LogP contribution in [0.2, 0.25) is 0 Å². The second-order valence-electron chi connectivity index (χ2n) is 5.43. The van der Waals surface area contributed by atoms with Crippen LogP contribution in [0.4, 0.5) is 0 Å². The SMILES string of the molecule is O=C(OCc1nnnn1-c1ccccc1)c1cnn(-c2ccccc2)c1. The first kappa shape index (κ1) is 15.7. The van der Waals surface area contributed by atoms with Crippen LogP contribution < -0.4 is 0 Å². The minimum absolute atomic E-state index is 0.0444. The van der Waals surface area contributed by atoms with Crippen LogP contribution in [-0.4, -0.2) is 36.0 Å². The maximum atomic E-state index is 12.3. The van der Waals surface area contributed by atoms with Gasteiger partial charge in [0.15, 0.2) is 12.4 Å². The maximum absolute atomic E-state index is 12.3. The summed E-state index contributed by atoms with van der Waals surface area (Å²) in [7, 11) is 0. The Hall–Kier alpha value is -3.81. The van der Waals surface area contributed by atoms with E-state index in [1.165, 1.54) is 10.9 Å². The van der Waals surface area contributed by atoms with Crippen molar-refractivity contribution in [2.45, 2.75) is 6.61 Å². The first-order valence-corrected chi connectivity index (χ1v) is 7.91. The molecule has 4 aromatic rings. The Labute approximate surface area is 148 Å². The van der Waals surface area contributed by atoms with Gasteiger partial charge in [-0.15, -0.1) is 5.10 Å². The molecule has 0 spiro atoms. The van der Waals surface area contributed by atoms with Crippen molar-refractivity contribution in [3.05, 3.63) is 84.4 Å². The zero-order valence-electron chi connectivity index (χ0n) is 13.6. The highest BCUT2D eigenvalue weighted by atomic mass is 16.5. The zero-order valence-corrected chi connectivity index (χ0v) is 13.6. The van der Waals surface area contributed by atoms with E-state index < -0.39 is 5.97 Å². The number of nitrogens with zero attached hydrogens (tertiary/aromatic N) is 6. The highest BCUT2D eigenvalue weighted by Crippen LogP contribution is 2.11. The van der Waals surface area contributed by atoms with Gasteiger partial charge >= 0.3 is 5.97 Å². The van der Waals surface area contributed by atoms with Crippen LogP contribution in [0.25, 0.3) is 11.4 Å². The van der Waals surface area contributed by atoms with E-state index in [0.717, 1.165) is 11.4 Å². The lowest BCUT2D eigenvalue weighted by Crippen LogP contribution is -2.09. The number of benzene rings is 2. The summed E-state index contributed by atoms with van der Waals surface area (Å²) in [5.74, 6) is -0.0604. The van der Waals surface area contributed by atoms with Crippen LogP contribution in [0.1, 0.15) is 16.2 Å². The summed E-state index contributed by atoms with van der Waals surface area (Å²) in [6.07, 6.45) is 3.09. The van der Waals surface area contributed by atoms with Gasteiger partial charge in [-0.1, -0.05) is 36.4 Å². The Bertz CT molecular complexity index is 1010. The summed E-state index contributed by atoms with van der Waals surface area (Å²) in [6, 6.07) is 18.9. The standard InChI is InChI=1S/C18H14N6O2/c25-18(14-11-19-23(12-14)15-7-3-1-4-8-15)26-13-17-20-21-22-24(17)16-9-5-2-6-10-16/h1-12H,13H2. The molecule has 4 rings (SSSR count). The van der Waals surface area contributed by atoms with Gasteiger partial charge in [0, 0.05) is 6.20 Å². The molecule has 0 aliphatic carbocycles. The van der Waals surface area contributed by atoms with Crippen LogP contribution in [0, 0.1) is 0 Å². The number of carbonyl (C=O) groups is 1. The highest BCUT2D eigenvalue weighted by Gasteiger charge is 2.14. The second-order valence-corrected chi connectivity index (χ2v) is 5.43. The summed E-state index contributed by atoms with van der Waals surface area (Å²) in [5.41, 5.74) is 2.01. The van der Waals surface area contributed by atoms with Crippen molar-refractivity contribution < 1.29 is 9.53 Å². The minimum atomic E-state index is -0.491. The van der Waals surface area contributed by atoms with Gasteiger partial charge in [-0.05, 0) is 34.7 Å². The number of carbonyl (C=O) groups excluding carboxylic acids is 1. The molecule has 0 atom stereocenters. The predicted octanol–water partition coefficient (Wildman–Crippen LogP) is 2.21. The van der Waals surface area contributed by atoms with Crippen LogP contribution >= 0.6 is 0 Å². The number of esters is 1. The molecule has 0 fully saturated rings. The molecule has 8 nitrogen and oxygen atoms in total. The van der Waals surface area contributed by atoms with E-state index in [2.05, 4.69) is 20.6 Å². The van der Waals surface area contributed by atoms with E-state index in [0.29, 0.717) is 11.4 Å². The normalized spacial score (nSPS) is 10.6. The first-order chi connectivity index (χ1) is 12.8. The third kappa shape index (κ3) is 3.20. The summed E-state index contributed by atoms with van der Waals surface area (Å²) in [6.45, 7) is -0.0444. The molecule has 0 saturated carbocycles. The molecule has 0 amide bonds. The van der Waals surface area contributed by atoms with Crippen molar-refractivity contribution in [3.63, 3.8) is 0 Å². The number of tetrazole rings is 1. The maximum Gasteiger partial charge on any atom is 0.341 e. The van der Waals surface area contributed by atoms with Gasteiger partial charge in [0.2, 0.25) is 0 Å². The number of hydrogen-bond acceptors (Lipinski definition) is 6. The van der Waals surface area contributed by atoms with Crippen LogP contribution in [0.15, 0.2) is 73.1 Å². The molecular weight excluding hydrogens is 332 g/mol. The molecule has 2 aromatic carbocycles. The van der Waals surface area contributed by atoms with Crippen molar-refractivity contribution in [1.82, 2.24) is 30.0 Å². The molecule has 0 aliphatic heterocycles. The number of aromatic nitrogens is 6. The van der Waals surface area contributed by atoms with E-state index in [4.69, 9.17) is 4.74 Å². The highest BCUT2D eigenvalue weighted by molar-refractivity contribution is 5.88. The van der Waals surface area contributed by atoms with Gasteiger partial charge < -0.3 is 4.74 Å². The zero-order chi connectivity index (χ0) is 17.8. The quantitative estimate of drug-likeness (QED) is 0.515. The van der Waals surface area contributed by atoms with Crippen molar-refractivity contribution in [2.75, 3.05) is 0 Å². The van der Waals surface area contributed by atoms with Gasteiger partial charge in [-0.3, -0.25) is 0 Å². The first-order valence-electron chi connectivity index (χ1n) is 7.91. The Kier molecular flexibility index (Phi) is 4.21. The van der Waals surface area contributed by atoms with Crippen LogP contribution in [-0.2, 0) is 11.3 Å². The predicted molar refractivity (Wildman–Crippen MR) is 91.8 cm³/mol. The minimum Gasteiger partial charge on any atom is -0.454 e. The van der Waals surface area contributed by atoms with Crippen molar-refractivity contribution in [1.29, 1.82) is 0 Å². The fourth-order valence-electron chi connectivity index (χ4n) is 2.43. The summed E-state index contributed by atoms with van der Waals surface area (Å²) in [4.78, 5) is 12.3. The van der Waals surface area contributed by atoms with E-state index in [-0.39, 0.29) is 6.61 Å². The average molecular weight is 346 g/mol. The van der Waals surface area contributed by atoms with Crippen molar-refractivity contribution >= 4 is 5.97 Å². The third-order valence-electron chi connectivity index (χ3n) is 3.71. The molecule has 128 valence electrons. The Morgan fingerprint density at radius 2 is 1.65 bits per heavy atom. The molecular formula is C18H14N6O2. The fourth-order valence-corrected chi connectivity index (χ4v) is 2.43. The summed E-state index contributed by atoms with van der Waals surface area (Å²) < 4.78 is 8.47. The summed E-state index contributed by atoms with van der Waals surface area (Å²) in [5, 5.41) is 15.7. The molecule has 0 aliphatic rings. The smallest absolute Gasteiger partial charge is 0.341 e. The Balaban J connectivity index is 1.46. The number of rotatable bonds is 5. The van der Waals surface area contributed by atoms with Gasteiger partial charge in [-0.2, -0.15) is 9.78 Å². The lowest BCUT2D eigenvalue weighted by molar-refractivity contribution is 0.0459. The molecule has 0 radical (unpaired) electrons. The van der Waals surface area contributed by atoms with Gasteiger partial charge in [-0.25, -0.2) is 9.48 Å². The van der Waals surface area contributed by atoms with Crippen LogP contribution in [0.5, 0.6) is 0 Å². The third-order valence-corrected chi connectivity index (χ3v) is 3.71. The van der Waals surface area contributed by atoms with Crippen molar-refractivity contribution in [2.24, 2.45) is 0 Å². The van der Waals surface area contributed by atoms with Gasteiger partial charge in [0.05, 0.1) is 23.1 Å². The largest absolute Gasteiger partial charge is 0.454 e. The molecule has 0 N–H and O–H groups in total. The average Bonchev–Trinajstić information content (AvgIpc) is 3.37. The Morgan fingerprint density at radius 3 is 2.38 bits per heavy atom. The van der Waals surface area contributed by atoms with E-state index in [9.17, 15) is 4.79 Å². The van der Waals surface area contributed by atoms with E-state index in [1.807, 2.05) is 60.7 Å². The number of ether oxygens (including phenoxy) is 1. The molecule has 0 saturated heterocycles. The summed E-state index contributed by atoms with van der Waals surface area (Å²) >= 11 is 0. The Morgan fingerprint density at radius 1 is 0.962 bits per heavy atom. The lowest BCUT2D eigenvalue weighted by Gasteiger charge is -2.05. The number of para-hydroxylation sites is 2. The second kappa shape index (κ2) is 6.98. The molecule has 0 bridgehead atoms. The molecule has 2 heterocycles. The topological polar surface area (TPSA) is 87.7 Å². The molecule has 0 unspecified atom stereocenters. The molecule has 2 aromatic heterocycles. The van der Waals surface area contributed by atoms with E-state index >= 15 is 0 Å². The molecule has 26 heavy (non-hydrogen) atoms. The lowest BCUT2D eigenvalue weighted by atomic mass is 10.3. The van der Waals surface area contributed by atoms with Crippen molar-refractivity contribution in [3.8, 4) is 11.4 Å². The number of hydrogen-bond donors (Lipinski definition) is 0. The van der Waals surface area contributed by atoms with E-state index in [1.54, 1.807) is 10.9 Å². The van der Waals surface area contributed by atoms with Gasteiger partial charge in [0.25, 0.3) is 0 Å². The fraction of sp³-hybridized carbons (Fsp3) is 0.0556. The molecule has 8 heteroatoms.